The predicted molar refractivity (Wildman–Crippen MR) is 75.3 cm³/mol. The number of rotatable bonds is 7. The van der Waals surface area contributed by atoms with Crippen molar-refractivity contribution in [3.63, 3.8) is 0 Å². The van der Waals surface area contributed by atoms with Gasteiger partial charge in [0.05, 0.1) is 5.60 Å². The van der Waals surface area contributed by atoms with E-state index in [1.54, 1.807) is 18.7 Å². The fraction of sp³-hybridized carbons (Fsp3) is 0.923. The minimum atomic E-state index is -0.806. The van der Waals surface area contributed by atoms with E-state index >= 15 is 0 Å². The number of carbonyl (C=O) groups is 1. The zero-order valence-electron chi connectivity index (χ0n) is 11.8. The molecule has 1 atom stereocenters. The Morgan fingerprint density at radius 3 is 2.35 bits per heavy atom. The summed E-state index contributed by atoms with van der Waals surface area (Å²) >= 11 is 1.58. The Labute approximate surface area is 110 Å². The van der Waals surface area contributed by atoms with Crippen LogP contribution in [0, 0.1) is 5.41 Å². The van der Waals surface area contributed by atoms with Crippen molar-refractivity contribution in [3.05, 3.63) is 0 Å². The van der Waals surface area contributed by atoms with E-state index in [9.17, 15) is 9.90 Å². The molecule has 1 unspecified atom stereocenters. The largest absolute Gasteiger partial charge is 0.387 e. The van der Waals surface area contributed by atoms with Crippen LogP contribution in [-0.2, 0) is 4.79 Å². The first-order chi connectivity index (χ1) is 7.66. The van der Waals surface area contributed by atoms with Gasteiger partial charge in [-0.15, -0.1) is 0 Å². The molecule has 0 saturated heterocycles. The molecular formula is C13H27NO2S. The van der Waals surface area contributed by atoms with Gasteiger partial charge in [0.1, 0.15) is 0 Å². The van der Waals surface area contributed by atoms with E-state index in [0.29, 0.717) is 18.7 Å². The highest BCUT2D eigenvalue weighted by molar-refractivity contribution is 7.98. The normalized spacial score (nSPS) is 15.4. The third-order valence-corrected chi connectivity index (χ3v) is 3.36. The van der Waals surface area contributed by atoms with Gasteiger partial charge < -0.3 is 10.4 Å². The van der Waals surface area contributed by atoms with Crippen molar-refractivity contribution < 1.29 is 9.90 Å². The number of hydrogen-bond acceptors (Lipinski definition) is 3. The van der Waals surface area contributed by atoms with Crippen LogP contribution in [0.4, 0.5) is 0 Å². The summed E-state index contributed by atoms with van der Waals surface area (Å²) in [5, 5.41) is 12.7. The summed E-state index contributed by atoms with van der Waals surface area (Å²) in [6, 6.07) is 0. The lowest BCUT2D eigenvalue weighted by Gasteiger charge is -2.22. The second kappa shape index (κ2) is 7.27. The van der Waals surface area contributed by atoms with Crippen LogP contribution >= 0.6 is 11.8 Å². The van der Waals surface area contributed by atoms with Crippen LogP contribution < -0.4 is 5.32 Å². The van der Waals surface area contributed by atoms with Gasteiger partial charge in [0.25, 0.3) is 0 Å². The maximum Gasteiger partial charge on any atom is 0.220 e. The molecule has 0 aromatic carbocycles. The second-order valence-electron chi connectivity index (χ2n) is 6.12. The Kier molecular flexibility index (Phi) is 7.17. The lowest BCUT2D eigenvalue weighted by Crippen LogP contribution is -2.42. The molecule has 4 heteroatoms. The lowest BCUT2D eigenvalue weighted by molar-refractivity contribution is -0.122. The summed E-state index contributed by atoms with van der Waals surface area (Å²) in [5.41, 5.74) is -0.524. The average Bonchev–Trinajstić information content (AvgIpc) is 2.13. The van der Waals surface area contributed by atoms with Crippen molar-refractivity contribution >= 4 is 17.7 Å². The van der Waals surface area contributed by atoms with Gasteiger partial charge in [-0.1, -0.05) is 20.8 Å². The molecule has 3 nitrogen and oxygen atoms in total. The molecule has 0 saturated carbocycles. The third-order valence-electron chi connectivity index (χ3n) is 2.45. The van der Waals surface area contributed by atoms with E-state index < -0.39 is 5.60 Å². The zero-order valence-corrected chi connectivity index (χ0v) is 12.6. The SMILES string of the molecule is CSCC(C)(O)CNC(=O)CCCC(C)(C)C. The molecule has 2 N–H and O–H groups in total. The van der Waals surface area contributed by atoms with Crippen LogP contribution in [0.1, 0.15) is 47.0 Å². The molecule has 0 aliphatic carbocycles. The van der Waals surface area contributed by atoms with Gasteiger partial charge in [-0.25, -0.2) is 0 Å². The Morgan fingerprint density at radius 2 is 1.88 bits per heavy atom. The minimum Gasteiger partial charge on any atom is -0.387 e. The summed E-state index contributed by atoms with van der Waals surface area (Å²) < 4.78 is 0. The van der Waals surface area contributed by atoms with Gasteiger partial charge in [-0.3, -0.25) is 4.79 Å². The molecule has 0 aromatic heterocycles. The smallest absolute Gasteiger partial charge is 0.220 e. The van der Waals surface area contributed by atoms with Crippen molar-refractivity contribution in [1.29, 1.82) is 0 Å². The summed E-state index contributed by atoms with van der Waals surface area (Å²) in [4.78, 5) is 11.6. The molecule has 102 valence electrons. The van der Waals surface area contributed by atoms with Crippen molar-refractivity contribution in [2.75, 3.05) is 18.6 Å². The highest BCUT2D eigenvalue weighted by Gasteiger charge is 2.20. The van der Waals surface area contributed by atoms with E-state index in [1.165, 1.54) is 0 Å². The van der Waals surface area contributed by atoms with Crippen LogP contribution in [-0.4, -0.2) is 35.2 Å². The van der Waals surface area contributed by atoms with Crippen LogP contribution in [0.3, 0.4) is 0 Å². The number of carbonyl (C=O) groups excluding carboxylic acids is 1. The van der Waals surface area contributed by atoms with Crippen LogP contribution in [0.25, 0.3) is 0 Å². The summed E-state index contributed by atoms with van der Waals surface area (Å²) in [6.45, 7) is 8.61. The molecule has 1 amide bonds. The van der Waals surface area contributed by atoms with E-state index in [0.717, 1.165) is 12.8 Å². The Morgan fingerprint density at radius 1 is 1.29 bits per heavy atom. The van der Waals surface area contributed by atoms with E-state index in [-0.39, 0.29) is 11.3 Å². The fourth-order valence-electron chi connectivity index (χ4n) is 1.52. The van der Waals surface area contributed by atoms with E-state index in [1.807, 2.05) is 6.26 Å². The van der Waals surface area contributed by atoms with E-state index in [4.69, 9.17) is 0 Å². The van der Waals surface area contributed by atoms with Gasteiger partial charge in [0.15, 0.2) is 0 Å². The first kappa shape index (κ1) is 16.8. The van der Waals surface area contributed by atoms with Gasteiger partial charge in [0, 0.05) is 18.7 Å². The summed E-state index contributed by atoms with van der Waals surface area (Å²) in [7, 11) is 0. The Bertz CT molecular complexity index is 234. The molecule has 0 bridgehead atoms. The quantitative estimate of drug-likeness (QED) is 0.740. The highest BCUT2D eigenvalue weighted by Crippen LogP contribution is 2.21. The third kappa shape index (κ3) is 10.6. The number of amides is 1. The predicted octanol–water partition coefficient (Wildman–Crippen LogP) is 2.43. The van der Waals surface area contributed by atoms with Crippen molar-refractivity contribution in [2.24, 2.45) is 5.41 Å². The zero-order chi connectivity index (χ0) is 13.5. The lowest BCUT2D eigenvalue weighted by atomic mass is 9.90. The maximum absolute atomic E-state index is 11.6. The number of thioether (sulfide) groups is 1. The number of nitrogens with one attached hydrogen (secondary N) is 1. The van der Waals surface area contributed by atoms with Gasteiger partial charge >= 0.3 is 0 Å². The van der Waals surface area contributed by atoms with Crippen LogP contribution in [0.15, 0.2) is 0 Å². The first-order valence-electron chi connectivity index (χ1n) is 6.14. The summed E-state index contributed by atoms with van der Waals surface area (Å²) in [6.07, 6.45) is 4.44. The Hall–Kier alpha value is -0.220. The van der Waals surface area contributed by atoms with Crippen molar-refractivity contribution in [3.8, 4) is 0 Å². The molecule has 0 heterocycles. The first-order valence-corrected chi connectivity index (χ1v) is 7.54. The average molecular weight is 261 g/mol. The van der Waals surface area contributed by atoms with Crippen molar-refractivity contribution in [2.45, 2.75) is 52.6 Å². The van der Waals surface area contributed by atoms with Gasteiger partial charge in [-0.05, 0) is 31.4 Å². The van der Waals surface area contributed by atoms with Gasteiger partial charge in [0.2, 0.25) is 5.91 Å². The molecule has 0 aromatic rings. The maximum atomic E-state index is 11.6. The molecular weight excluding hydrogens is 234 g/mol. The number of aliphatic hydroxyl groups is 1. The van der Waals surface area contributed by atoms with Gasteiger partial charge in [-0.2, -0.15) is 11.8 Å². The topological polar surface area (TPSA) is 49.3 Å². The molecule has 0 aliphatic rings. The number of hydrogen-bond donors (Lipinski definition) is 2. The molecule has 0 spiro atoms. The molecule has 0 aliphatic heterocycles. The Balaban J connectivity index is 3.73. The second-order valence-corrected chi connectivity index (χ2v) is 6.99. The standard InChI is InChI=1S/C13H27NO2S/c1-12(2,3)8-6-7-11(15)14-9-13(4,16)10-17-5/h16H,6-10H2,1-5H3,(H,14,15). The highest BCUT2D eigenvalue weighted by atomic mass is 32.2. The molecule has 17 heavy (non-hydrogen) atoms. The van der Waals surface area contributed by atoms with Crippen molar-refractivity contribution in [1.82, 2.24) is 5.32 Å². The van der Waals surface area contributed by atoms with Crippen LogP contribution in [0.2, 0.25) is 0 Å². The fourth-order valence-corrected chi connectivity index (χ4v) is 2.24. The van der Waals surface area contributed by atoms with Crippen LogP contribution in [0.5, 0.6) is 0 Å². The molecule has 0 fully saturated rings. The van der Waals surface area contributed by atoms with E-state index in [2.05, 4.69) is 26.1 Å². The minimum absolute atomic E-state index is 0.0376. The molecule has 0 radical (unpaired) electrons. The monoisotopic (exact) mass is 261 g/mol. The summed E-state index contributed by atoms with van der Waals surface area (Å²) in [5.74, 6) is 0.672. The molecule has 0 rings (SSSR count).